The van der Waals surface area contributed by atoms with Crippen molar-refractivity contribution in [2.24, 2.45) is 5.92 Å². The molecular formula is C16H16Cl2N4O. The van der Waals surface area contributed by atoms with Crippen molar-refractivity contribution in [1.29, 1.82) is 5.41 Å². The van der Waals surface area contributed by atoms with Crippen molar-refractivity contribution in [2.45, 2.75) is 13.8 Å². The molecule has 1 amide bonds. The molecule has 0 bridgehead atoms. The normalized spacial score (nSPS) is 10.7. The number of pyridine rings is 1. The zero-order valence-electron chi connectivity index (χ0n) is 12.7. The Kier molecular flexibility index (Phi) is 5.23. The molecule has 0 saturated carbocycles. The Morgan fingerprint density at radius 2 is 1.87 bits per heavy atom. The molecule has 0 atom stereocenters. The minimum Gasteiger partial charge on any atom is -0.383 e. The summed E-state index contributed by atoms with van der Waals surface area (Å²) >= 11 is 12.1. The highest BCUT2D eigenvalue weighted by Crippen LogP contribution is 2.28. The average molecular weight is 351 g/mol. The Morgan fingerprint density at radius 3 is 2.43 bits per heavy atom. The van der Waals surface area contributed by atoms with Crippen molar-refractivity contribution in [3.63, 3.8) is 0 Å². The van der Waals surface area contributed by atoms with Crippen molar-refractivity contribution in [3.8, 4) is 0 Å². The van der Waals surface area contributed by atoms with E-state index in [4.69, 9.17) is 34.3 Å². The van der Waals surface area contributed by atoms with Crippen LogP contribution in [-0.2, 0) is 0 Å². The molecule has 23 heavy (non-hydrogen) atoms. The fourth-order valence-corrected chi connectivity index (χ4v) is 2.40. The van der Waals surface area contributed by atoms with Gasteiger partial charge in [-0.15, -0.1) is 0 Å². The van der Waals surface area contributed by atoms with E-state index >= 15 is 0 Å². The van der Waals surface area contributed by atoms with Gasteiger partial charge >= 0.3 is 0 Å². The predicted octanol–water partition coefficient (Wildman–Crippen LogP) is 4.25. The predicted molar refractivity (Wildman–Crippen MR) is 94.7 cm³/mol. The fourth-order valence-electron chi connectivity index (χ4n) is 1.94. The lowest BCUT2D eigenvalue weighted by molar-refractivity contribution is 0.102. The standard InChI is InChI=1S/C16H16Cl2N4O/c1-8(2)14(19)12-13(18)11(7-21-15(12)20)16(23)22-10-5-3-9(17)4-6-10/h3-8,19H,1-2H3,(H2,20,21)(H,22,23). The lowest BCUT2D eigenvalue weighted by Gasteiger charge is -2.14. The van der Waals surface area contributed by atoms with E-state index in [-0.39, 0.29) is 28.0 Å². The zero-order valence-corrected chi connectivity index (χ0v) is 14.2. The fraction of sp³-hybridized carbons (Fsp3) is 0.188. The number of anilines is 2. The molecule has 0 aliphatic carbocycles. The first-order valence-corrected chi connectivity index (χ1v) is 7.66. The second-order valence-corrected chi connectivity index (χ2v) is 6.09. The Morgan fingerprint density at radius 1 is 1.26 bits per heavy atom. The largest absolute Gasteiger partial charge is 0.383 e. The number of amides is 1. The number of carbonyl (C=O) groups is 1. The van der Waals surface area contributed by atoms with Crippen LogP contribution in [0.5, 0.6) is 0 Å². The monoisotopic (exact) mass is 350 g/mol. The van der Waals surface area contributed by atoms with Gasteiger partial charge in [0.25, 0.3) is 5.91 Å². The van der Waals surface area contributed by atoms with Crippen LogP contribution < -0.4 is 11.1 Å². The van der Waals surface area contributed by atoms with Gasteiger partial charge in [-0.25, -0.2) is 4.98 Å². The molecular weight excluding hydrogens is 335 g/mol. The summed E-state index contributed by atoms with van der Waals surface area (Å²) in [6.45, 7) is 3.69. The van der Waals surface area contributed by atoms with Crippen molar-refractivity contribution >= 4 is 46.3 Å². The molecule has 0 fully saturated rings. The third-order valence-corrected chi connectivity index (χ3v) is 3.88. The maximum atomic E-state index is 12.4. The van der Waals surface area contributed by atoms with Gasteiger partial charge in [0.1, 0.15) is 5.82 Å². The summed E-state index contributed by atoms with van der Waals surface area (Å²) in [6.07, 6.45) is 1.31. The van der Waals surface area contributed by atoms with Gasteiger partial charge in [-0.05, 0) is 30.2 Å². The summed E-state index contributed by atoms with van der Waals surface area (Å²) < 4.78 is 0. The number of hydrogen-bond donors (Lipinski definition) is 3. The number of nitrogens with one attached hydrogen (secondary N) is 2. The average Bonchev–Trinajstić information content (AvgIpc) is 2.49. The van der Waals surface area contributed by atoms with E-state index in [1.807, 2.05) is 13.8 Å². The summed E-state index contributed by atoms with van der Waals surface area (Å²) in [5.74, 6) is -0.384. The first-order chi connectivity index (χ1) is 10.8. The van der Waals surface area contributed by atoms with E-state index < -0.39 is 5.91 Å². The van der Waals surface area contributed by atoms with E-state index in [0.717, 1.165) is 0 Å². The van der Waals surface area contributed by atoms with Crippen LogP contribution in [0.4, 0.5) is 11.5 Å². The Labute approximate surface area is 144 Å². The molecule has 0 radical (unpaired) electrons. The third-order valence-electron chi connectivity index (χ3n) is 3.24. The molecule has 120 valence electrons. The number of aromatic nitrogens is 1. The summed E-state index contributed by atoms with van der Waals surface area (Å²) in [6, 6.07) is 6.69. The Balaban J connectivity index is 2.36. The molecule has 0 saturated heterocycles. The molecule has 4 N–H and O–H groups in total. The number of carbonyl (C=O) groups excluding carboxylic acids is 1. The van der Waals surface area contributed by atoms with Crippen LogP contribution >= 0.6 is 23.2 Å². The summed E-state index contributed by atoms with van der Waals surface area (Å²) in [5, 5.41) is 11.5. The summed E-state index contributed by atoms with van der Waals surface area (Å²) in [4.78, 5) is 16.4. The number of nitrogen functional groups attached to an aromatic ring is 1. The van der Waals surface area contributed by atoms with Crippen molar-refractivity contribution < 1.29 is 4.79 Å². The molecule has 1 aromatic carbocycles. The van der Waals surface area contributed by atoms with Gasteiger partial charge in [0.15, 0.2) is 0 Å². The minimum atomic E-state index is -0.428. The van der Waals surface area contributed by atoms with Crippen molar-refractivity contribution in [1.82, 2.24) is 4.98 Å². The number of nitrogens with zero attached hydrogens (tertiary/aromatic N) is 1. The lowest BCUT2D eigenvalue weighted by Crippen LogP contribution is -2.18. The molecule has 5 nitrogen and oxygen atoms in total. The molecule has 0 unspecified atom stereocenters. The highest BCUT2D eigenvalue weighted by atomic mass is 35.5. The van der Waals surface area contributed by atoms with E-state index in [9.17, 15) is 4.79 Å². The van der Waals surface area contributed by atoms with Gasteiger partial charge in [-0.2, -0.15) is 0 Å². The van der Waals surface area contributed by atoms with Crippen LogP contribution in [0.2, 0.25) is 10.0 Å². The van der Waals surface area contributed by atoms with Crippen LogP contribution in [0.25, 0.3) is 0 Å². The van der Waals surface area contributed by atoms with Gasteiger partial charge in [0.05, 0.1) is 16.1 Å². The molecule has 0 aliphatic heterocycles. The SMILES string of the molecule is CC(C)C(=N)c1c(N)ncc(C(=O)Nc2ccc(Cl)cc2)c1Cl. The maximum Gasteiger partial charge on any atom is 0.258 e. The smallest absolute Gasteiger partial charge is 0.258 e. The summed E-state index contributed by atoms with van der Waals surface area (Å²) in [7, 11) is 0. The van der Waals surface area contributed by atoms with E-state index in [2.05, 4.69) is 10.3 Å². The van der Waals surface area contributed by atoms with Crippen LogP contribution in [0.15, 0.2) is 30.5 Å². The van der Waals surface area contributed by atoms with Crippen molar-refractivity contribution in [3.05, 3.63) is 51.6 Å². The van der Waals surface area contributed by atoms with Crippen LogP contribution in [0.3, 0.4) is 0 Å². The van der Waals surface area contributed by atoms with Crippen molar-refractivity contribution in [2.75, 3.05) is 11.1 Å². The molecule has 2 rings (SSSR count). The Bertz CT molecular complexity index is 757. The molecule has 2 aromatic rings. The van der Waals surface area contributed by atoms with Gasteiger partial charge in [-0.3, -0.25) is 4.79 Å². The minimum absolute atomic E-state index is 0.0915. The molecule has 0 spiro atoms. The second-order valence-electron chi connectivity index (χ2n) is 5.28. The lowest BCUT2D eigenvalue weighted by atomic mass is 9.99. The van der Waals surface area contributed by atoms with Crippen LogP contribution in [0.1, 0.15) is 29.8 Å². The first-order valence-electron chi connectivity index (χ1n) is 6.91. The topological polar surface area (TPSA) is 91.9 Å². The number of rotatable bonds is 4. The summed E-state index contributed by atoms with van der Waals surface area (Å²) in [5.41, 5.74) is 7.09. The van der Waals surface area contributed by atoms with Gasteiger partial charge < -0.3 is 16.5 Å². The third kappa shape index (κ3) is 3.81. The number of halogens is 2. The van der Waals surface area contributed by atoms with E-state index in [0.29, 0.717) is 16.3 Å². The Hall–Kier alpha value is -2.11. The zero-order chi connectivity index (χ0) is 17.1. The molecule has 1 heterocycles. The highest BCUT2D eigenvalue weighted by Gasteiger charge is 2.21. The highest BCUT2D eigenvalue weighted by molar-refractivity contribution is 6.38. The number of hydrogen-bond acceptors (Lipinski definition) is 4. The number of nitrogens with two attached hydrogens (primary N) is 1. The molecule has 7 heteroatoms. The molecule has 0 aliphatic rings. The van der Waals surface area contributed by atoms with E-state index in [1.54, 1.807) is 24.3 Å². The molecule has 1 aromatic heterocycles. The van der Waals surface area contributed by atoms with Gasteiger partial charge in [0, 0.05) is 22.6 Å². The van der Waals surface area contributed by atoms with Crippen LogP contribution in [0, 0.1) is 11.3 Å². The van der Waals surface area contributed by atoms with E-state index in [1.165, 1.54) is 6.20 Å². The van der Waals surface area contributed by atoms with Crippen LogP contribution in [-0.4, -0.2) is 16.6 Å². The quantitative estimate of drug-likeness (QED) is 0.719. The second kappa shape index (κ2) is 6.98. The number of benzene rings is 1. The van der Waals surface area contributed by atoms with Gasteiger partial charge in [0.2, 0.25) is 0 Å². The first kappa shape index (κ1) is 17.2. The van der Waals surface area contributed by atoms with Gasteiger partial charge in [-0.1, -0.05) is 37.0 Å². The maximum absolute atomic E-state index is 12.4.